The molecule has 0 atom stereocenters. The van der Waals surface area contributed by atoms with Crippen molar-refractivity contribution >= 4 is 0 Å². The molecule has 0 heterocycles. The molecule has 0 aromatic heterocycles. The van der Waals surface area contributed by atoms with Crippen molar-refractivity contribution in [2.24, 2.45) is 5.73 Å². The van der Waals surface area contributed by atoms with E-state index >= 15 is 0 Å². The molecule has 92 valence electrons. The van der Waals surface area contributed by atoms with Crippen molar-refractivity contribution in [2.75, 3.05) is 13.7 Å². The second kappa shape index (κ2) is 4.81. The zero-order chi connectivity index (χ0) is 12.3. The first kappa shape index (κ1) is 14.9. The first-order valence-corrected chi connectivity index (χ1v) is 5.50. The minimum atomic E-state index is -0.343. The van der Waals surface area contributed by atoms with Gasteiger partial charge < -0.3 is 15.2 Å². The fraction of sp³-hybridized carbons (Fsp3) is 1.00. The Hall–Kier alpha value is -0.120. The van der Waals surface area contributed by atoms with Crippen LogP contribution >= 0.6 is 0 Å². The lowest BCUT2D eigenvalue weighted by Crippen LogP contribution is -2.54. The third-order valence-electron chi connectivity index (χ3n) is 3.27. The van der Waals surface area contributed by atoms with Gasteiger partial charge in [-0.05, 0) is 48.0 Å². The molecule has 0 bridgehead atoms. The number of nitrogens with two attached hydrogens (primary N) is 1. The molecule has 3 nitrogen and oxygen atoms in total. The van der Waals surface area contributed by atoms with Gasteiger partial charge in [0.25, 0.3) is 0 Å². The molecule has 3 heteroatoms. The van der Waals surface area contributed by atoms with E-state index in [0.717, 1.165) is 6.42 Å². The lowest BCUT2D eigenvalue weighted by Gasteiger charge is -2.39. The highest BCUT2D eigenvalue weighted by Crippen LogP contribution is 2.24. The zero-order valence-corrected chi connectivity index (χ0v) is 11.3. The molecule has 0 aliphatic heterocycles. The van der Waals surface area contributed by atoms with E-state index in [0.29, 0.717) is 6.61 Å². The Labute approximate surface area is 94.3 Å². The molecule has 0 aromatic carbocycles. The highest BCUT2D eigenvalue weighted by Gasteiger charge is 2.34. The van der Waals surface area contributed by atoms with Crippen LogP contribution in [0.2, 0.25) is 0 Å². The van der Waals surface area contributed by atoms with Gasteiger partial charge in [0.1, 0.15) is 0 Å². The van der Waals surface area contributed by atoms with Crippen molar-refractivity contribution in [1.82, 2.24) is 0 Å². The number of ether oxygens (including phenoxy) is 2. The Morgan fingerprint density at radius 1 is 1.00 bits per heavy atom. The third-order valence-corrected chi connectivity index (χ3v) is 3.27. The molecular formula is C12H27NO2. The fourth-order valence-electron chi connectivity index (χ4n) is 0.840. The molecule has 0 aliphatic rings. The van der Waals surface area contributed by atoms with Gasteiger partial charge in [0.15, 0.2) is 0 Å². The maximum Gasteiger partial charge on any atom is 0.0799 e. The highest BCUT2D eigenvalue weighted by molar-refractivity contribution is 4.92. The molecule has 2 N–H and O–H groups in total. The number of hydrogen-bond acceptors (Lipinski definition) is 3. The van der Waals surface area contributed by atoms with Crippen LogP contribution in [0.15, 0.2) is 0 Å². The van der Waals surface area contributed by atoms with E-state index in [-0.39, 0.29) is 16.7 Å². The molecule has 15 heavy (non-hydrogen) atoms. The summed E-state index contributed by atoms with van der Waals surface area (Å²) in [5, 5.41) is 0. The van der Waals surface area contributed by atoms with Crippen LogP contribution in [-0.4, -0.2) is 30.5 Å². The van der Waals surface area contributed by atoms with Crippen LogP contribution in [0.4, 0.5) is 0 Å². The van der Waals surface area contributed by atoms with E-state index < -0.39 is 0 Å². The quantitative estimate of drug-likeness (QED) is 0.742. The van der Waals surface area contributed by atoms with Gasteiger partial charge in [0.05, 0.1) is 17.8 Å². The van der Waals surface area contributed by atoms with Crippen molar-refractivity contribution in [3.8, 4) is 0 Å². The Kier molecular flexibility index (Phi) is 4.77. The molecule has 0 spiro atoms. The van der Waals surface area contributed by atoms with Crippen molar-refractivity contribution in [1.29, 1.82) is 0 Å². The molecule has 0 unspecified atom stereocenters. The molecule has 0 fully saturated rings. The average Bonchev–Trinajstić information content (AvgIpc) is 2.01. The summed E-state index contributed by atoms with van der Waals surface area (Å²) in [4.78, 5) is 0. The third kappa shape index (κ3) is 4.96. The number of methoxy groups -OCH3 is 1. The Morgan fingerprint density at radius 3 is 1.80 bits per heavy atom. The monoisotopic (exact) mass is 217 g/mol. The van der Waals surface area contributed by atoms with Gasteiger partial charge in [0, 0.05) is 12.6 Å². The Morgan fingerprint density at radius 2 is 1.47 bits per heavy atom. The maximum atomic E-state index is 6.04. The van der Waals surface area contributed by atoms with Gasteiger partial charge in [0.2, 0.25) is 0 Å². The predicted molar refractivity (Wildman–Crippen MR) is 64.0 cm³/mol. The van der Waals surface area contributed by atoms with Gasteiger partial charge in [-0.25, -0.2) is 0 Å². The molecular weight excluding hydrogens is 190 g/mol. The summed E-state index contributed by atoms with van der Waals surface area (Å²) in [6.45, 7) is 12.8. The van der Waals surface area contributed by atoms with Gasteiger partial charge in [-0.2, -0.15) is 0 Å². The van der Waals surface area contributed by atoms with Crippen molar-refractivity contribution < 1.29 is 9.47 Å². The predicted octanol–water partition coefficient (Wildman–Crippen LogP) is 2.33. The topological polar surface area (TPSA) is 44.5 Å². The van der Waals surface area contributed by atoms with E-state index in [1.807, 2.05) is 27.7 Å². The lowest BCUT2D eigenvalue weighted by molar-refractivity contribution is -0.0860. The lowest BCUT2D eigenvalue weighted by atomic mass is 9.87. The molecule has 0 radical (unpaired) electrons. The summed E-state index contributed by atoms with van der Waals surface area (Å²) in [5.74, 6) is 0. The maximum absolute atomic E-state index is 6.04. The average molecular weight is 217 g/mol. The van der Waals surface area contributed by atoms with Crippen LogP contribution in [0.5, 0.6) is 0 Å². The van der Waals surface area contributed by atoms with Gasteiger partial charge in [-0.15, -0.1) is 0 Å². The van der Waals surface area contributed by atoms with Crippen LogP contribution in [0.25, 0.3) is 0 Å². The summed E-state index contributed by atoms with van der Waals surface area (Å²) in [6, 6.07) is 0. The van der Waals surface area contributed by atoms with E-state index in [9.17, 15) is 0 Å². The largest absolute Gasteiger partial charge is 0.379 e. The van der Waals surface area contributed by atoms with Crippen molar-refractivity contribution in [3.05, 3.63) is 0 Å². The van der Waals surface area contributed by atoms with E-state index in [2.05, 4.69) is 13.8 Å². The first-order chi connectivity index (χ1) is 6.52. The SMILES string of the molecule is COC(C)(C)CCOC(C)(C)C(C)(C)N. The summed E-state index contributed by atoms with van der Waals surface area (Å²) in [7, 11) is 1.72. The van der Waals surface area contributed by atoms with Gasteiger partial charge >= 0.3 is 0 Å². The van der Waals surface area contributed by atoms with Crippen LogP contribution in [0, 0.1) is 0 Å². The second-order valence-corrected chi connectivity index (χ2v) is 5.79. The summed E-state index contributed by atoms with van der Waals surface area (Å²) < 4.78 is 11.2. The molecule has 0 aliphatic carbocycles. The minimum absolute atomic E-state index is 0.130. The van der Waals surface area contributed by atoms with E-state index in [1.54, 1.807) is 7.11 Å². The molecule has 0 rings (SSSR count). The Balaban J connectivity index is 4.07. The summed E-state index contributed by atoms with van der Waals surface area (Å²) in [5.41, 5.74) is 5.24. The van der Waals surface area contributed by atoms with Crippen LogP contribution in [0.3, 0.4) is 0 Å². The van der Waals surface area contributed by atoms with Crippen LogP contribution in [0.1, 0.15) is 48.0 Å². The smallest absolute Gasteiger partial charge is 0.0799 e. The van der Waals surface area contributed by atoms with Crippen LogP contribution < -0.4 is 5.73 Å². The first-order valence-electron chi connectivity index (χ1n) is 5.50. The van der Waals surface area contributed by atoms with Gasteiger partial charge in [-0.3, -0.25) is 0 Å². The standard InChI is InChI=1S/C12H27NO2/c1-10(2,14-7)8-9-15-12(5,6)11(3,4)13/h8-9,13H2,1-7H3. The molecule has 0 saturated heterocycles. The van der Waals surface area contributed by atoms with Crippen LogP contribution in [-0.2, 0) is 9.47 Å². The van der Waals surface area contributed by atoms with E-state index in [1.165, 1.54) is 0 Å². The number of rotatable bonds is 6. The normalized spacial score (nSPS) is 14.4. The van der Waals surface area contributed by atoms with Gasteiger partial charge in [-0.1, -0.05) is 0 Å². The number of hydrogen-bond donors (Lipinski definition) is 1. The molecule has 0 saturated carbocycles. The Bertz CT molecular complexity index is 192. The minimum Gasteiger partial charge on any atom is -0.379 e. The summed E-state index contributed by atoms with van der Waals surface area (Å²) >= 11 is 0. The van der Waals surface area contributed by atoms with Crippen molar-refractivity contribution in [3.63, 3.8) is 0 Å². The fourth-order valence-corrected chi connectivity index (χ4v) is 0.840. The molecule has 0 amide bonds. The summed E-state index contributed by atoms with van der Waals surface area (Å²) in [6.07, 6.45) is 0.864. The van der Waals surface area contributed by atoms with Crippen molar-refractivity contribution in [2.45, 2.75) is 64.7 Å². The highest BCUT2D eigenvalue weighted by atomic mass is 16.5. The second-order valence-electron chi connectivity index (χ2n) is 5.79. The van der Waals surface area contributed by atoms with E-state index in [4.69, 9.17) is 15.2 Å². The zero-order valence-electron chi connectivity index (χ0n) is 11.3. The molecule has 0 aromatic rings.